The fourth-order valence-corrected chi connectivity index (χ4v) is 4.85. The minimum Gasteiger partial charge on any atom is -0.468 e. The normalized spacial score (nSPS) is 39.8. The molecule has 1 aromatic rings. The first-order chi connectivity index (χ1) is 14.5. The molecule has 3 aliphatic rings. The van der Waals surface area contributed by atoms with E-state index in [9.17, 15) is 34.2 Å². The Hall–Kier alpha value is -2.87. The third-order valence-corrected chi connectivity index (χ3v) is 6.41. The number of carbonyl (C=O) groups is 3. The van der Waals surface area contributed by atoms with Gasteiger partial charge in [0.1, 0.15) is 23.9 Å². The topological polar surface area (TPSA) is 180 Å². The third-order valence-electron chi connectivity index (χ3n) is 6.41. The lowest BCUT2D eigenvalue weighted by atomic mass is 9.80. The van der Waals surface area contributed by atoms with Crippen molar-refractivity contribution in [2.75, 3.05) is 14.2 Å². The number of aromatic amines is 1. The zero-order valence-corrected chi connectivity index (χ0v) is 16.8. The quantitative estimate of drug-likeness (QED) is 0.271. The van der Waals surface area contributed by atoms with Gasteiger partial charge in [0.25, 0.3) is 5.56 Å². The van der Waals surface area contributed by atoms with Crippen molar-refractivity contribution in [1.82, 2.24) is 19.8 Å². The maximum atomic E-state index is 12.8. The summed E-state index contributed by atoms with van der Waals surface area (Å²) in [5.41, 5.74) is -3.10. The summed E-state index contributed by atoms with van der Waals surface area (Å²) in [7, 11) is 2.44. The monoisotopic (exact) mass is 438 g/mol. The predicted molar refractivity (Wildman–Crippen MR) is 99.3 cm³/mol. The van der Waals surface area contributed by atoms with E-state index in [4.69, 9.17) is 9.47 Å². The highest BCUT2D eigenvalue weighted by Crippen LogP contribution is 2.46. The van der Waals surface area contributed by atoms with E-state index >= 15 is 0 Å². The Morgan fingerprint density at radius 2 is 1.87 bits per heavy atom. The van der Waals surface area contributed by atoms with Gasteiger partial charge >= 0.3 is 11.7 Å². The first-order valence-electron chi connectivity index (χ1n) is 9.53. The number of amides is 2. The fourth-order valence-electron chi connectivity index (χ4n) is 4.85. The van der Waals surface area contributed by atoms with Crippen molar-refractivity contribution in [3.63, 3.8) is 0 Å². The molecule has 1 aromatic heterocycles. The van der Waals surface area contributed by atoms with E-state index in [0.29, 0.717) is 0 Å². The summed E-state index contributed by atoms with van der Waals surface area (Å²) in [6.07, 6.45) is -4.70. The number of H-pyrrole nitrogens is 1. The Morgan fingerprint density at radius 3 is 2.48 bits per heavy atom. The Balaban J connectivity index is 1.72. The molecule has 0 aliphatic carbocycles. The molecule has 8 atom stereocenters. The summed E-state index contributed by atoms with van der Waals surface area (Å²) >= 11 is 0. The number of likely N-dealkylation sites (tertiary alicyclic amines) is 1. The molecule has 0 radical (unpaired) electrons. The molecule has 0 saturated carbocycles. The van der Waals surface area contributed by atoms with Crippen LogP contribution in [0.25, 0.3) is 0 Å². The summed E-state index contributed by atoms with van der Waals surface area (Å²) < 4.78 is 11.5. The van der Waals surface area contributed by atoms with E-state index in [1.54, 1.807) is 0 Å². The molecular formula is C18H22N4O9. The number of methoxy groups -OCH3 is 1. The van der Waals surface area contributed by atoms with E-state index in [0.717, 1.165) is 28.8 Å². The molecule has 2 amide bonds. The van der Waals surface area contributed by atoms with Crippen molar-refractivity contribution >= 4 is 17.8 Å². The third kappa shape index (κ3) is 2.88. The number of aliphatic hydroxyl groups excluding tert-OH is 2. The van der Waals surface area contributed by atoms with Gasteiger partial charge in [0.2, 0.25) is 11.8 Å². The van der Waals surface area contributed by atoms with Gasteiger partial charge in [-0.05, 0) is 6.92 Å². The van der Waals surface area contributed by atoms with Crippen LogP contribution in [-0.4, -0.2) is 86.5 Å². The van der Waals surface area contributed by atoms with Gasteiger partial charge in [0, 0.05) is 25.4 Å². The van der Waals surface area contributed by atoms with Gasteiger partial charge in [0.15, 0.2) is 6.23 Å². The molecule has 168 valence electrons. The van der Waals surface area contributed by atoms with Gasteiger partial charge in [0.05, 0.1) is 18.9 Å². The van der Waals surface area contributed by atoms with Crippen molar-refractivity contribution in [3.8, 4) is 0 Å². The number of esters is 1. The highest BCUT2D eigenvalue weighted by atomic mass is 16.6. The molecule has 4 N–H and O–H groups in total. The number of aromatic nitrogens is 2. The zero-order valence-electron chi connectivity index (χ0n) is 16.8. The molecule has 31 heavy (non-hydrogen) atoms. The highest BCUT2D eigenvalue weighted by molar-refractivity contribution is 6.09. The molecule has 13 heteroatoms. The molecule has 0 aromatic carbocycles. The molecule has 3 saturated heterocycles. The molecule has 3 fully saturated rings. The van der Waals surface area contributed by atoms with E-state index in [1.165, 1.54) is 14.0 Å². The van der Waals surface area contributed by atoms with Gasteiger partial charge in [-0.3, -0.25) is 38.9 Å². The number of hydrogen-bond acceptors (Lipinski definition) is 10. The summed E-state index contributed by atoms with van der Waals surface area (Å²) in [4.78, 5) is 64.4. The average Bonchev–Trinajstić information content (AvgIpc) is 3.28. The Bertz CT molecular complexity index is 1070. The Morgan fingerprint density at radius 1 is 1.19 bits per heavy atom. The summed E-state index contributed by atoms with van der Waals surface area (Å²) in [6.45, 7) is 1.42. The van der Waals surface area contributed by atoms with Gasteiger partial charge < -0.3 is 19.7 Å². The lowest BCUT2D eigenvalue weighted by Crippen LogP contribution is -2.57. The van der Waals surface area contributed by atoms with E-state index < -0.39 is 77.0 Å². The maximum Gasteiger partial charge on any atom is 0.330 e. The van der Waals surface area contributed by atoms with Crippen LogP contribution in [0.3, 0.4) is 0 Å². The van der Waals surface area contributed by atoms with Crippen LogP contribution in [0, 0.1) is 11.8 Å². The van der Waals surface area contributed by atoms with Gasteiger partial charge in [-0.25, -0.2) is 4.79 Å². The lowest BCUT2D eigenvalue weighted by Gasteiger charge is -2.30. The first kappa shape index (κ1) is 21.4. The van der Waals surface area contributed by atoms with Gasteiger partial charge in [-0.1, -0.05) is 0 Å². The standard InChI is InChI=1S/C18H22N4O9/c1-18(16(28)30-3)8-7(13(26)21(2)14(8)27)9(20-18)12-10(24)11(25)15(31-12)22-5-4-6(23)19-17(22)29/h4-5,7-12,15,20,24-25H,1-3H3,(H,19,23,29)/t7-,8-,9+,10+,11-,12-,15-,18-/m1/s1. The van der Waals surface area contributed by atoms with Crippen LogP contribution in [0.15, 0.2) is 21.9 Å². The van der Waals surface area contributed by atoms with Crippen molar-refractivity contribution in [1.29, 1.82) is 0 Å². The summed E-state index contributed by atoms with van der Waals surface area (Å²) in [5.74, 6) is -4.11. The zero-order chi connectivity index (χ0) is 22.8. The fraction of sp³-hybridized carbons (Fsp3) is 0.611. The first-order valence-corrected chi connectivity index (χ1v) is 9.53. The van der Waals surface area contributed by atoms with E-state index in [-0.39, 0.29) is 0 Å². The predicted octanol–water partition coefficient (Wildman–Crippen LogP) is -3.71. The van der Waals surface area contributed by atoms with Crippen LogP contribution in [0.5, 0.6) is 0 Å². The largest absolute Gasteiger partial charge is 0.468 e. The van der Waals surface area contributed by atoms with E-state index in [2.05, 4.69) is 5.32 Å². The second-order valence-electron chi connectivity index (χ2n) is 8.09. The molecule has 3 aliphatic heterocycles. The second kappa shape index (κ2) is 7.09. The molecule has 0 spiro atoms. The number of imide groups is 1. The van der Waals surface area contributed by atoms with Crippen molar-refractivity contribution in [2.45, 2.75) is 43.0 Å². The Kier molecular flexibility index (Phi) is 4.88. The van der Waals surface area contributed by atoms with Gasteiger partial charge in [-0.2, -0.15) is 0 Å². The smallest absolute Gasteiger partial charge is 0.330 e. The van der Waals surface area contributed by atoms with Crippen molar-refractivity contribution < 1.29 is 34.1 Å². The maximum absolute atomic E-state index is 12.8. The molecule has 4 heterocycles. The minimum atomic E-state index is -1.59. The lowest BCUT2D eigenvalue weighted by molar-refractivity contribution is -0.153. The van der Waals surface area contributed by atoms with Crippen molar-refractivity contribution in [2.24, 2.45) is 11.8 Å². The second-order valence-corrected chi connectivity index (χ2v) is 8.09. The molecule has 0 unspecified atom stereocenters. The summed E-state index contributed by atoms with van der Waals surface area (Å²) in [5, 5.41) is 24.1. The van der Waals surface area contributed by atoms with E-state index in [1.807, 2.05) is 4.98 Å². The Labute approximate surface area is 174 Å². The highest BCUT2D eigenvalue weighted by Gasteiger charge is 2.69. The number of rotatable bonds is 3. The van der Waals surface area contributed by atoms with Crippen LogP contribution in [-0.2, 0) is 23.9 Å². The summed E-state index contributed by atoms with van der Waals surface area (Å²) in [6, 6.07) is -0.00709. The van der Waals surface area contributed by atoms with Crippen LogP contribution < -0.4 is 16.6 Å². The molecule has 13 nitrogen and oxygen atoms in total. The number of nitrogens with zero attached hydrogens (tertiary/aromatic N) is 2. The van der Waals surface area contributed by atoms with Crippen molar-refractivity contribution in [3.05, 3.63) is 33.1 Å². The molecular weight excluding hydrogens is 416 g/mol. The number of aliphatic hydroxyl groups is 2. The number of carbonyl (C=O) groups excluding carboxylic acids is 3. The number of fused-ring (bicyclic) bond motifs is 1. The average molecular weight is 438 g/mol. The van der Waals surface area contributed by atoms with Crippen LogP contribution in [0.4, 0.5) is 0 Å². The van der Waals surface area contributed by atoms with Crippen LogP contribution in [0.2, 0.25) is 0 Å². The van der Waals surface area contributed by atoms with Crippen LogP contribution >= 0.6 is 0 Å². The molecule has 4 rings (SSSR count). The van der Waals surface area contributed by atoms with Gasteiger partial charge in [-0.15, -0.1) is 0 Å². The number of ether oxygens (including phenoxy) is 2. The minimum absolute atomic E-state index is 0.574. The van der Waals surface area contributed by atoms with Crippen LogP contribution in [0.1, 0.15) is 13.2 Å². The molecule has 0 bridgehead atoms. The number of nitrogens with one attached hydrogen (secondary N) is 2. The SMILES string of the molecule is COC(=O)[C@]1(C)N[C@H]([C@H]2O[C@@H](n3ccc(=O)[nH]c3=O)[C@H](O)[C@@H]2O)[C@@H]2C(=O)N(C)C(=O)[C@@H]21. The number of hydrogen-bond donors (Lipinski definition) is 4.